The van der Waals surface area contributed by atoms with E-state index in [1.165, 1.54) is 12.8 Å². The van der Waals surface area contributed by atoms with Crippen LogP contribution in [-0.4, -0.2) is 23.9 Å². The van der Waals surface area contributed by atoms with Crippen molar-refractivity contribution < 1.29 is 4.79 Å². The van der Waals surface area contributed by atoms with Gasteiger partial charge in [-0.3, -0.25) is 4.79 Å². The summed E-state index contributed by atoms with van der Waals surface area (Å²) in [4.78, 5) is 14.1. The fourth-order valence-corrected chi connectivity index (χ4v) is 2.75. The molecule has 16 heavy (non-hydrogen) atoms. The van der Waals surface area contributed by atoms with Gasteiger partial charge in [-0.25, -0.2) is 0 Å². The quantitative estimate of drug-likeness (QED) is 0.731. The molecule has 2 unspecified atom stereocenters. The first-order valence-corrected chi connectivity index (χ1v) is 6.33. The normalized spacial score (nSPS) is 31.2. The van der Waals surface area contributed by atoms with Crippen LogP contribution in [0.4, 0.5) is 0 Å². The third-order valence-corrected chi connectivity index (χ3v) is 4.09. The molecule has 88 valence electrons. The Morgan fingerprint density at radius 2 is 2.19 bits per heavy atom. The van der Waals surface area contributed by atoms with Crippen LogP contribution in [0.5, 0.6) is 0 Å². The Morgan fingerprint density at radius 1 is 1.50 bits per heavy atom. The summed E-state index contributed by atoms with van der Waals surface area (Å²) in [7, 11) is 0. The number of carbonyl (C=O) groups excluding carboxylic acids is 1. The van der Waals surface area contributed by atoms with Gasteiger partial charge in [0.15, 0.2) is 0 Å². The molecule has 0 aromatic heterocycles. The van der Waals surface area contributed by atoms with E-state index in [9.17, 15) is 4.79 Å². The van der Waals surface area contributed by atoms with Gasteiger partial charge < -0.3 is 4.90 Å². The smallest absolute Gasteiger partial charge is 0.243 e. The highest BCUT2D eigenvalue weighted by Crippen LogP contribution is 2.47. The van der Waals surface area contributed by atoms with E-state index in [0.717, 1.165) is 25.9 Å². The molecular weight excluding hydrogens is 200 g/mol. The van der Waals surface area contributed by atoms with Crippen molar-refractivity contribution >= 4 is 5.91 Å². The van der Waals surface area contributed by atoms with Crippen LogP contribution in [-0.2, 0) is 4.79 Å². The zero-order valence-corrected chi connectivity index (χ0v) is 10.2. The molecule has 0 spiro atoms. The first-order valence-electron chi connectivity index (χ1n) is 6.33. The van der Waals surface area contributed by atoms with Crippen LogP contribution in [0.2, 0.25) is 0 Å². The Balaban J connectivity index is 1.98. The first-order chi connectivity index (χ1) is 7.63. The van der Waals surface area contributed by atoms with Gasteiger partial charge in [-0.1, -0.05) is 20.3 Å². The van der Waals surface area contributed by atoms with Crippen molar-refractivity contribution in [3.63, 3.8) is 0 Å². The SMILES string of the molecule is CCCC1CN(C(=O)C2(C#N)CC2)CC1C. The Hall–Kier alpha value is -1.04. The molecule has 2 fully saturated rings. The maximum Gasteiger partial charge on any atom is 0.243 e. The minimum atomic E-state index is -0.624. The van der Waals surface area contributed by atoms with Crippen molar-refractivity contribution in [2.45, 2.75) is 39.5 Å². The highest BCUT2D eigenvalue weighted by Gasteiger charge is 2.53. The fourth-order valence-electron chi connectivity index (χ4n) is 2.75. The lowest BCUT2D eigenvalue weighted by Gasteiger charge is -2.18. The van der Waals surface area contributed by atoms with Crippen LogP contribution < -0.4 is 0 Å². The Morgan fingerprint density at radius 3 is 2.69 bits per heavy atom. The van der Waals surface area contributed by atoms with Crippen molar-refractivity contribution in [2.75, 3.05) is 13.1 Å². The maximum atomic E-state index is 12.2. The highest BCUT2D eigenvalue weighted by molar-refractivity contribution is 5.88. The third kappa shape index (κ3) is 1.81. The van der Waals surface area contributed by atoms with Gasteiger partial charge in [-0.05, 0) is 31.1 Å². The summed E-state index contributed by atoms with van der Waals surface area (Å²) < 4.78 is 0. The average molecular weight is 220 g/mol. The van der Waals surface area contributed by atoms with E-state index in [4.69, 9.17) is 5.26 Å². The standard InChI is InChI=1S/C13H20N2O/c1-3-4-11-8-15(7-10(11)2)12(16)13(9-14)5-6-13/h10-11H,3-8H2,1-2H3. The fraction of sp³-hybridized carbons (Fsp3) is 0.846. The summed E-state index contributed by atoms with van der Waals surface area (Å²) in [6.07, 6.45) is 3.92. The van der Waals surface area contributed by atoms with E-state index < -0.39 is 5.41 Å². The van der Waals surface area contributed by atoms with Crippen LogP contribution >= 0.6 is 0 Å². The number of nitrogens with zero attached hydrogens (tertiary/aromatic N) is 2. The van der Waals surface area contributed by atoms with Crippen molar-refractivity contribution in [2.24, 2.45) is 17.3 Å². The molecule has 0 N–H and O–H groups in total. The summed E-state index contributed by atoms with van der Waals surface area (Å²) in [6.45, 7) is 6.14. The van der Waals surface area contributed by atoms with Gasteiger partial charge in [-0.2, -0.15) is 5.26 Å². The average Bonchev–Trinajstić information content (AvgIpc) is 3.00. The zero-order valence-electron chi connectivity index (χ0n) is 10.2. The van der Waals surface area contributed by atoms with E-state index in [-0.39, 0.29) is 5.91 Å². The van der Waals surface area contributed by atoms with E-state index in [2.05, 4.69) is 19.9 Å². The van der Waals surface area contributed by atoms with Crippen LogP contribution in [0.1, 0.15) is 39.5 Å². The minimum absolute atomic E-state index is 0.0976. The van der Waals surface area contributed by atoms with Crippen molar-refractivity contribution in [3.05, 3.63) is 0 Å². The second kappa shape index (κ2) is 4.08. The summed E-state index contributed by atoms with van der Waals surface area (Å²) in [6, 6.07) is 2.20. The monoisotopic (exact) mass is 220 g/mol. The van der Waals surface area contributed by atoms with Crippen molar-refractivity contribution in [3.8, 4) is 6.07 Å². The van der Waals surface area contributed by atoms with E-state index in [1.807, 2.05) is 4.90 Å². The molecule has 1 saturated heterocycles. The Bertz CT molecular complexity index is 327. The van der Waals surface area contributed by atoms with Crippen molar-refractivity contribution in [1.29, 1.82) is 5.26 Å². The molecule has 1 heterocycles. The Kier molecular flexibility index (Phi) is 2.92. The number of carbonyl (C=O) groups is 1. The van der Waals surface area contributed by atoms with E-state index in [0.29, 0.717) is 11.8 Å². The molecule has 0 bridgehead atoms. The van der Waals surface area contributed by atoms with Gasteiger partial charge in [0.05, 0.1) is 6.07 Å². The molecule has 3 nitrogen and oxygen atoms in total. The number of hydrogen-bond donors (Lipinski definition) is 0. The number of nitriles is 1. The molecule has 1 amide bonds. The van der Waals surface area contributed by atoms with Crippen molar-refractivity contribution in [1.82, 2.24) is 4.90 Å². The van der Waals surface area contributed by atoms with E-state index in [1.54, 1.807) is 0 Å². The van der Waals surface area contributed by atoms with E-state index >= 15 is 0 Å². The topological polar surface area (TPSA) is 44.1 Å². The molecular formula is C13H20N2O. The second-order valence-electron chi connectivity index (χ2n) is 5.43. The predicted molar refractivity (Wildman–Crippen MR) is 61.4 cm³/mol. The lowest BCUT2D eigenvalue weighted by molar-refractivity contribution is -0.134. The summed E-state index contributed by atoms with van der Waals surface area (Å²) >= 11 is 0. The molecule has 0 radical (unpaired) electrons. The second-order valence-corrected chi connectivity index (χ2v) is 5.43. The van der Waals surface area contributed by atoms with Gasteiger partial charge in [-0.15, -0.1) is 0 Å². The number of likely N-dealkylation sites (tertiary alicyclic amines) is 1. The number of hydrogen-bond acceptors (Lipinski definition) is 2. The van der Waals surface area contributed by atoms with Crippen LogP contribution in [0.3, 0.4) is 0 Å². The van der Waals surface area contributed by atoms with Gasteiger partial charge >= 0.3 is 0 Å². The maximum absolute atomic E-state index is 12.2. The third-order valence-electron chi connectivity index (χ3n) is 4.09. The number of amides is 1. The number of rotatable bonds is 3. The predicted octanol–water partition coefficient (Wildman–Crippen LogP) is 2.18. The zero-order chi connectivity index (χ0) is 11.8. The molecule has 2 rings (SSSR count). The first kappa shape index (κ1) is 11.4. The lowest BCUT2D eigenvalue weighted by Crippen LogP contribution is -2.35. The van der Waals surface area contributed by atoms with Gasteiger partial charge in [0, 0.05) is 13.1 Å². The molecule has 2 atom stereocenters. The molecule has 1 saturated carbocycles. The molecule has 0 aromatic carbocycles. The largest absolute Gasteiger partial charge is 0.341 e. The van der Waals surface area contributed by atoms with Gasteiger partial charge in [0.25, 0.3) is 0 Å². The Labute approximate surface area is 97.4 Å². The molecule has 0 aromatic rings. The lowest BCUT2D eigenvalue weighted by atomic mass is 9.94. The molecule has 1 aliphatic carbocycles. The van der Waals surface area contributed by atoms with Crippen LogP contribution in [0.25, 0.3) is 0 Å². The van der Waals surface area contributed by atoms with Gasteiger partial charge in [0.2, 0.25) is 5.91 Å². The minimum Gasteiger partial charge on any atom is -0.341 e. The molecule has 2 aliphatic rings. The molecule has 3 heteroatoms. The summed E-state index contributed by atoms with van der Waals surface area (Å²) in [5.74, 6) is 1.34. The summed E-state index contributed by atoms with van der Waals surface area (Å²) in [5, 5.41) is 9.02. The van der Waals surface area contributed by atoms with Crippen LogP contribution in [0, 0.1) is 28.6 Å². The molecule has 1 aliphatic heterocycles. The highest BCUT2D eigenvalue weighted by atomic mass is 16.2. The summed E-state index contributed by atoms with van der Waals surface area (Å²) in [5.41, 5.74) is -0.624. The van der Waals surface area contributed by atoms with Gasteiger partial charge in [0.1, 0.15) is 5.41 Å². The van der Waals surface area contributed by atoms with Crippen LogP contribution in [0.15, 0.2) is 0 Å².